The smallest absolute Gasteiger partial charge is 0.246 e. The minimum atomic E-state index is 0.397. The SMILES string of the molecule is CN=C(NCc1coc(-c2ccccc2)n1)NCc1nc(C)no1. The van der Waals surface area contributed by atoms with E-state index in [0.717, 1.165) is 11.3 Å². The topological polar surface area (TPSA) is 101 Å². The van der Waals surface area contributed by atoms with Gasteiger partial charge in [0.25, 0.3) is 0 Å². The van der Waals surface area contributed by atoms with E-state index in [4.69, 9.17) is 8.94 Å². The second-order valence-electron chi connectivity index (χ2n) is 5.02. The lowest BCUT2D eigenvalue weighted by Crippen LogP contribution is -2.36. The van der Waals surface area contributed by atoms with Gasteiger partial charge in [-0.1, -0.05) is 23.4 Å². The molecule has 0 aliphatic heterocycles. The number of guanidine groups is 1. The van der Waals surface area contributed by atoms with Crippen LogP contribution < -0.4 is 10.6 Å². The number of hydrogen-bond acceptors (Lipinski definition) is 6. The Balaban J connectivity index is 1.53. The van der Waals surface area contributed by atoms with Crippen LogP contribution in [-0.4, -0.2) is 28.1 Å². The Bertz CT molecular complexity index is 809. The van der Waals surface area contributed by atoms with E-state index in [2.05, 4.69) is 30.8 Å². The number of aromatic nitrogens is 3. The van der Waals surface area contributed by atoms with Crippen molar-refractivity contribution in [3.05, 3.63) is 54.0 Å². The molecule has 0 aliphatic rings. The van der Waals surface area contributed by atoms with Gasteiger partial charge in [0.15, 0.2) is 11.8 Å². The van der Waals surface area contributed by atoms with Gasteiger partial charge in [-0.25, -0.2) is 4.98 Å². The van der Waals surface area contributed by atoms with Crippen LogP contribution >= 0.6 is 0 Å². The monoisotopic (exact) mass is 326 g/mol. The summed E-state index contributed by atoms with van der Waals surface area (Å²) < 4.78 is 10.5. The average molecular weight is 326 g/mol. The highest BCUT2D eigenvalue weighted by atomic mass is 16.5. The van der Waals surface area contributed by atoms with Crippen molar-refractivity contribution in [1.82, 2.24) is 25.8 Å². The molecule has 0 atom stereocenters. The zero-order valence-electron chi connectivity index (χ0n) is 13.5. The number of nitrogens with zero attached hydrogens (tertiary/aromatic N) is 4. The lowest BCUT2D eigenvalue weighted by atomic mass is 10.2. The van der Waals surface area contributed by atoms with E-state index in [-0.39, 0.29) is 0 Å². The predicted octanol–water partition coefficient (Wildman–Crippen LogP) is 1.90. The molecular formula is C16H18N6O2. The molecule has 0 saturated heterocycles. The Labute approximate surface area is 139 Å². The van der Waals surface area contributed by atoms with Crippen LogP contribution in [0.2, 0.25) is 0 Å². The summed E-state index contributed by atoms with van der Waals surface area (Å²) in [5, 5.41) is 9.98. The molecule has 2 heterocycles. The van der Waals surface area contributed by atoms with Crippen LogP contribution in [0.4, 0.5) is 0 Å². The van der Waals surface area contributed by atoms with Gasteiger partial charge in [0.2, 0.25) is 11.8 Å². The molecule has 1 aromatic carbocycles. The van der Waals surface area contributed by atoms with Gasteiger partial charge in [0, 0.05) is 12.6 Å². The van der Waals surface area contributed by atoms with Crippen LogP contribution in [-0.2, 0) is 13.1 Å². The number of benzene rings is 1. The molecule has 0 aliphatic carbocycles. The summed E-state index contributed by atoms with van der Waals surface area (Å²) in [6, 6.07) is 9.76. The summed E-state index contributed by atoms with van der Waals surface area (Å²) in [6.07, 6.45) is 1.63. The number of rotatable bonds is 5. The normalized spacial score (nSPS) is 11.5. The molecule has 0 bridgehead atoms. The molecule has 0 unspecified atom stereocenters. The summed E-state index contributed by atoms with van der Waals surface area (Å²) in [6.45, 7) is 2.66. The molecular weight excluding hydrogens is 308 g/mol. The molecule has 2 aromatic heterocycles. The van der Waals surface area contributed by atoms with Crippen molar-refractivity contribution < 1.29 is 8.94 Å². The van der Waals surface area contributed by atoms with Gasteiger partial charge in [0.05, 0.1) is 18.8 Å². The van der Waals surface area contributed by atoms with Crippen molar-refractivity contribution in [2.24, 2.45) is 4.99 Å². The maximum absolute atomic E-state index is 5.50. The highest BCUT2D eigenvalue weighted by Crippen LogP contribution is 2.17. The van der Waals surface area contributed by atoms with Crippen molar-refractivity contribution in [1.29, 1.82) is 0 Å². The third-order valence-electron chi connectivity index (χ3n) is 3.21. The molecule has 124 valence electrons. The Hall–Kier alpha value is -3.16. The summed E-state index contributed by atoms with van der Waals surface area (Å²) >= 11 is 0. The molecule has 24 heavy (non-hydrogen) atoms. The van der Waals surface area contributed by atoms with E-state index >= 15 is 0 Å². The van der Waals surface area contributed by atoms with Gasteiger partial charge in [-0.2, -0.15) is 4.98 Å². The predicted molar refractivity (Wildman–Crippen MR) is 88.0 cm³/mol. The Morgan fingerprint density at radius 1 is 1.12 bits per heavy atom. The number of aliphatic imine (C=N–C) groups is 1. The Kier molecular flexibility index (Phi) is 4.85. The van der Waals surface area contributed by atoms with Crippen molar-refractivity contribution in [2.75, 3.05) is 7.05 Å². The third kappa shape index (κ3) is 3.97. The zero-order chi connectivity index (χ0) is 16.8. The highest BCUT2D eigenvalue weighted by Gasteiger charge is 2.08. The summed E-state index contributed by atoms with van der Waals surface area (Å²) in [4.78, 5) is 12.7. The molecule has 8 nitrogen and oxygen atoms in total. The number of nitrogens with one attached hydrogen (secondary N) is 2. The van der Waals surface area contributed by atoms with Crippen molar-refractivity contribution in [3.8, 4) is 11.5 Å². The van der Waals surface area contributed by atoms with Gasteiger partial charge in [-0.15, -0.1) is 0 Å². The van der Waals surface area contributed by atoms with E-state index in [9.17, 15) is 0 Å². The van der Waals surface area contributed by atoms with Crippen LogP contribution in [0.5, 0.6) is 0 Å². The van der Waals surface area contributed by atoms with E-state index in [1.807, 2.05) is 30.3 Å². The van der Waals surface area contributed by atoms with Gasteiger partial charge in [0.1, 0.15) is 6.26 Å². The summed E-state index contributed by atoms with van der Waals surface area (Å²) in [5.74, 6) is 2.31. The first-order valence-corrected chi connectivity index (χ1v) is 7.48. The van der Waals surface area contributed by atoms with Gasteiger partial charge >= 0.3 is 0 Å². The fourth-order valence-electron chi connectivity index (χ4n) is 2.07. The first-order valence-electron chi connectivity index (χ1n) is 7.48. The second kappa shape index (κ2) is 7.40. The maximum atomic E-state index is 5.50. The minimum absolute atomic E-state index is 0.397. The quantitative estimate of drug-likeness (QED) is 0.545. The van der Waals surface area contributed by atoms with Crippen molar-refractivity contribution in [2.45, 2.75) is 20.0 Å². The summed E-state index contributed by atoms with van der Waals surface area (Å²) in [5.41, 5.74) is 1.73. The molecule has 0 radical (unpaired) electrons. The minimum Gasteiger partial charge on any atom is -0.444 e. The first-order chi connectivity index (χ1) is 11.7. The highest BCUT2D eigenvalue weighted by molar-refractivity contribution is 5.79. The van der Waals surface area contributed by atoms with Crippen LogP contribution in [0.3, 0.4) is 0 Å². The van der Waals surface area contributed by atoms with E-state index in [1.54, 1.807) is 20.2 Å². The van der Waals surface area contributed by atoms with Gasteiger partial charge < -0.3 is 19.6 Å². The fourth-order valence-corrected chi connectivity index (χ4v) is 2.07. The maximum Gasteiger partial charge on any atom is 0.246 e. The average Bonchev–Trinajstić information content (AvgIpc) is 3.25. The number of hydrogen-bond donors (Lipinski definition) is 2. The molecule has 0 saturated carbocycles. The van der Waals surface area contributed by atoms with Gasteiger partial charge in [-0.05, 0) is 19.1 Å². The van der Waals surface area contributed by atoms with Crippen LogP contribution in [0.15, 0.2) is 50.5 Å². The second-order valence-corrected chi connectivity index (χ2v) is 5.02. The number of aryl methyl sites for hydroxylation is 1. The molecule has 2 N–H and O–H groups in total. The summed E-state index contributed by atoms with van der Waals surface area (Å²) in [7, 11) is 1.69. The molecule has 3 rings (SSSR count). The van der Waals surface area contributed by atoms with E-state index < -0.39 is 0 Å². The lowest BCUT2D eigenvalue weighted by Gasteiger charge is -2.08. The van der Waals surface area contributed by atoms with Gasteiger partial charge in [-0.3, -0.25) is 4.99 Å². The molecule has 3 aromatic rings. The third-order valence-corrected chi connectivity index (χ3v) is 3.21. The fraction of sp³-hybridized carbons (Fsp3) is 0.250. The first kappa shape index (κ1) is 15.7. The standard InChI is InChI=1S/C16H18N6O2/c1-11-20-14(24-22-11)9-19-16(17-2)18-8-13-10-23-15(21-13)12-6-4-3-5-7-12/h3-7,10H,8-9H2,1-2H3,(H2,17,18,19). The van der Waals surface area contributed by atoms with Crippen LogP contribution in [0.1, 0.15) is 17.4 Å². The molecule has 0 spiro atoms. The molecule has 0 fully saturated rings. The number of oxazole rings is 1. The van der Waals surface area contributed by atoms with E-state index in [1.165, 1.54) is 0 Å². The van der Waals surface area contributed by atoms with E-state index in [0.29, 0.717) is 36.7 Å². The van der Waals surface area contributed by atoms with Crippen LogP contribution in [0.25, 0.3) is 11.5 Å². The van der Waals surface area contributed by atoms with Crippen molar-refractivity contribution in [3.63, 3.8) is 0 Å². The largest absolute Gasteiger partial charge is 0.444 e. The van der Waals surface area contributed by atoms with Crippen LogP contribution in [0, 0.1) is 6.92 Å². The zero-order valence-corrected chi connectivity index (χ0v) is 13.5. The Morgan fingerprint density at radius 2 is 1.92 bits per heavy atom. The lowest BCUT2D eigenvalue weighted by molar-refractivity contribution is 0.371. The molecule has 0 amide bonds. The Morgan fingerprint density at radius 3 is 2.62 bits per heavy atom. The van der Waals surface area contributed by atoms with Crippen molar-refractivity contribution >= 4 is 5.96 Å². The molecule has 8 heteroatoms.